The third-order valence-corrected chi connectivity index (χ3v) is 6.54. The molecule has 7 heteroatoms. The van der Waals surface area contributed by atoms with Gasteiger partial charge in [0.25, 0.3) is 11.8 Å². The van der Waals surface area contributed by atoms with Crippen LogP contribution in [0.3, 0.4) is 0 Å². The van der Waals surface area contributed by atoms with Crippen LogP contribution in [-0.4, -0.2) is 27.2 Å². The maximum atomic E-state index is 12.5. The molecule has 5 rings (SSSR count). The first-order valence-electron chi connectivity index (χ1n) is 11.0. The molecule has 6 nitrogen and oxygen atoms in total. The summed E-state index contributed by atoms with van der Waals surface area (Å²) in [5, 5.41) is 5.91. The van der Waals surface area contributed by atoms with E-state index in [0.717, 1.165) is 40.4 Å². The first-order chi connectivity index (χ1) is 16.1. The zero-order chi connectivity index (χ0) is 22.6. The number of fused-ring (bicyclic) bond motifs is 1. The molecule has 4 aromatic rings. The van der Waals surface area contributed by atoms with Gasteiger partial charge in [-0.15, -0.1) is 11.8 Å². The summed E-state index contributed by atoms with van der Waals surface area (Å²) >= 11 is 1.69. The molecule has 2 N–H and O–H groups in total. The van der Waals surface area contributed by atoms with Crippen molar-refractivity contribution in [3.05, 3.63) is 102 Å². The van der Waals surface area contributed by atoms with Crippen molar-refractivity contribution in [2.24, 2.45) is 0 Å². The third-order valence-electron chi connectivity index (χ3n) is 5.50. The van der Waals surface area contributed by atoms with E-state index in [-0.39, 0.29) is 11.8 Å². The van der Waals surface area contributed by atoms with Gasteiger partial charge in [-0.25, -0.2) is 4.98 Å². The van der Waals surface area contributed by atoms with Crippen molar-refractivity contribution in [3.8, 4) is 0 Å². The van der Waals surface area contributed by atoms with Crippen molar-refractivity contribution in [1.29, 1.82) is 0 Å². The van der Waals surface area contributed by atoms with Crippen molar-refractivity contribution in [2.45, 2.75) is 36.1 Å². The molecule has 166 valence electrons. The molecule has 0 saturated heterocycles. The van der Waals surface area contributed by atoms with E-state index in [1.54, 1.807) is 23.9 Å². The second kappa shape index (κ2) is 9.50. The Morgan fingerprint density at radius 1 is 0.939 bits per heavy atom. The first kappa shape index (κ1) is 21.3. The molecule has 1 fully saturated rings. The van der Waals surface area contributed by atoms with Crippen LogP contribution in [0.15, 0.2) is 84.0 Å². The third kappa shape index (κ3) is 5.43. The highest BCUT2D eigenvalue weighted by Gasteiger charge is 2.23. The molecule has 1 aliphatic carbocycles. The Morgan fingerprint density at radius 2 is 1.67 bits per heavy atom. The van der Waals surface area contributed by atoms with E-state index in [9.17, 15) is 9.59 Å². The Kier molecular flexibility index (Phi) is 6.13. The Bertz CT molecular complexity index is 1240. The van der Waals surface area contributed by atoms with Gasteiger partial charge in [0.2, 0.25) is 0 Å². The largest absolute Gasteiger partial charge is 0.349 e. The smallest absolute Gasteiger partial charge is 0.251 e. The Hall–Kier alpha value is -3.58. The van der Waals surface area contributed by atoms with Gasteiger partial charge in [0, 0.05) is 46.8 Å². The molecule has 0 unspecified atom stereocenters. The van der Waals surface area contributed by atoms with Gasteiger partial charge in [0.15, 0.2) is 0 Å². The molecule has 2 aromatic heterocycles. The Balaban J connectivity index is 1.11. The number of hydrogen-bond acceptors (Lipinski definition) is 4. The van der Waals surface area contributed by atoms with Crippen molar-refractivity contribution >= 4 is 29.2 Å². The van der Waals surface area contributed by atoms with Gasteiger partial charge in [-0.2, -0.15) is 0 Å². The van der Waals surface area contributed by atoms with Gasteiger partial charge in [0.05, 0.1) is 5.69 Å². The number of carbonyl (C=O) groups is 2. The zero-order valence-corrected chi connectivity index (χ0v) is 18.8. The molecule has 0 atom stereocenters. The number of nitrogens with one attached hydrogen (secondary N) is 2. The van der Waals surface area contributed by atoms with Crippen molar-refractivity contribution in [1.82, 2.24) is 20.0 Å². The van der Waals surface area contributed by atoms with Crippen LogP contribution in [0, 0.1) is 0 Å². The molecular formula is C26H24N4O2S. The summed E-state index contributed by atoms with van der Waals surface area (Å²) in [6, 6.07) is 21.2. The highest BCUT2D eigenvalue weighted by molar-refractivity contribution is 7.98. The standard InChI is InChI=1S/C26H24N4O2S/c31-25(27-15-18-4-6-20(7-5-18)26(32)29-21-10-11-21)19-8-12-23(13-9-19)33-17-22-16-30-14-2-1-3-24(30)28-22/h1-9,12-14,16,21H,10-11,15,17H2,(H,27,31)(H,29,32). The van der Waals surface area contributed by atoms with Gasteiger partial charge >= 0.3 is 0 Å². The van der Waals surface area contributed by atoms with E-state index in [0.29, 0.717) is 23.7 Å². The lowest BCUT2D eigenvalue weighted by Crippen LogP contribution is -2.25. The molecule has 0 spiro atoms. The second-order valence-electron chi connectivity index (χ2n) is 8.14. The maximum absolute atomic E-state index is 12.5. The summed E-state index contributed by atoms with van der Waals surface area (Å²) in [5.41, 5.74) is 4.17. The molecule has 1 aliphatic rings. The molecule has 0 bridgehead atoms. The quantitative estimate of drug-likeness (QED) is 0.384. The minimum Gasteiger partial charge on any atom is -0.349 e. The molecule has 0 radical (unpaired) electrons. The van der Waals surface area contributed by atoms with E-state index < -0.39 is 0 Å². The normalized spacial score (nSPS) is 13.1. The van der Waals surface area contributed by atoms with E-state index in [2.05, 4.69) is 15.6 Å². The molecule has 0 aliphatic heterocycles. The van der Waals surface area contributed by atoms with Crippen LogP contribution in [0.2, 0.25) is 0 Å². The van der Waals surface area contributed by atoms with Crippen molar-refractivity contribution < 1.29 is 9.59 Å². The number of thioether (sulfide) groups is 1. The summed E-state index contributed by atoms with van der Waals surface area (Å²) in [6.07, 6.45) is 6.16. The topological polar surface area (TPSA) is 75.5 Å². The number of imidazole rings is 1. The number of rotatable bonds is 8. The van der Waals surface area contributed by atoms with Crippen LogP contribution in [0.5, 0.6) is 0 Å². The zero-order valence-electron chi connectivity index (χ0n) is 18.0. The minimum atomic E-state index is -0.123. The summed E-state index contributed by atoms with van der Waals surface area (Å²) in [5.74, 6) is 0.608. The lowest BCUT2D eigenvalue weighted by Gasteiger charge is -2.08. The average molecular weight is 457 g/mol. The van der Waals surface area contributed by atoms with Gasteiger partial charge in [-0.05, 0) is 66.9 Å². The maximum Gasteiger partial charge on any atom is 0.251 e. The van der Waals surface area contributed by atoms with Crippen LogP contribution < -0.4 is 10.6 Å². The van der Waals surface area contributed by atoms with Gasteiger partial charge < -0.3 is 15.0 Å². The lowest BCUT2D eigenvalue weighted by molar-refractivity contribution is 0.0941. The summed E-state index contributed by atoms with van der Waals surface area (Å²) < 4.78 is 2.01. The molecule has 33 heavy (non-hydrogen) atoms. The van der Waals surface area contributed by atoms with Gasteiger partial charge in [-0.1, -0.05) is 18.2 Å². The fraction of sp³-hybridized carbons (Fsp3) is 0.192. The predicted octanol–water partition coefficient (Wildman–Crippen LogP) is 4.45. The highest BCUT2D eigenvalue weighted by Crippen LogP contribution is 2.23. The van der Waals surface area contributed by atoms with Gasteiger partial charge in [0.1, 0.15) is 5.65 Å². The predicted molar refractivity (Wildman–Crippen MR) is 129 cm³/mol. The number of carbonyl (C=O) groups excluding carboxylic acids is 2. The Labute approximate surface area is 196 Å². The van der Waals surface area contributed by atoms with Crippen LogP contribution in [0.4, 0.5) is 0 Å². The van der Waals surface area contributed by atoms with E-state index in [4.69, 9.17) is 0 Å². The number of amides is 2. The molecule has 2 heterocycles. The summed E-state index contributed by atoms with van der Waals surface area (Å²) in [6.45, 7) is 0.410. The van der Waals surface area contributed by atoms with Crippen LogP contribution in [0.1, 0.15) is 44.8 Å². The molecule has 1 saturated carbocycles. The van der Waals surface area contributed by atoms with E-state index >= 15 is 0 Å². The van der Waals surface area contributed by atoms with Crippen LogP contribution in [0.25, 0.3) is 5.65 Å². The Morgan fingerprint density at radius 3 is 2.39 bits per heavy atom. The number of pyridine rings is 1. The number of benzene rings is 2. The van der Waals surface area contributed by atoms with Gasteiger partial charge in [-0.3, -0.25) is 9.59 Å². The SMILES string of the molecule is O=C(NCc1ccc(C(=O)NC2CC2)cc1)c1ccc(SCc2cn3ccccc3n2)cc1. The first-order valence-corrected chi connectivity index (χ1v) is 12.0. The van der Waals surface area contributed by atoms with Crippen LogP contribution >= 0.6 is 11.8 Å². The number of aromatic nitrogens is 2. The number of nitrogens with zero attached hydrogens (tertiary/aromatic N) is 2. The fourth-order valence-electron chi connectivity index (χ4n) is 3.47. The van der Waals surface area contributed by atoms with Crippen molar-refractivity contribution in [2.75, 3.05) is 0 Å². The molecular weight excluding hydrogens is 432 g/mol. The summed E-state index contributed by atoms with van der Waals surface area (Å²) in [4.78, 5) is 30.3. The average Bonchev–Trinajstić information content (AvgIpc) is 3.57. The minimum absolute atomic E-state index is 0.0350. The summed E-state index contributed by atoms with van der Waals surface area (Å²) in [7, 11) is 0. The van der Waals surface area contributed by atoms with E-state index in [1.165, 1.54) is 0 Å². The van der Waals surface area contributed by atoms with E-state index in [1.807, 2.05) is 71.4 Å². The highest BCUT2D eigenvalue weighted by atomic mass is 32.2. The fourth-order valence-corrected chi connectivity index (χ4v) is 4.25. The lowest BCUT2D eigenvalue weighted by atomic mass is 10.1. The molecule has 2 amide bonds. The monoisotopic (exact) mass is 456 g/mol. The number of hydrogen-bond donors (Lipinski definition) is 2. The second-order valence-corrected chi connectivity index (χ2v) is 9.19. The van der Waals surface area contributed by atoms with Crippen molar-refractivity contribution in [3.63, 3.8) is 0 Å². The molecule has 2 aromatic carbocycles. The van der Waals surface area contributed by atoms with Crippen LogP contribution in [-0.2, 0) is 12.3 Å².